The molecule has 2 aliphatic rings. The zero-order valence-electron chi connectivity index (χ0n) is 21.4. The number of hydrogen-bond acceptors (Lipinski definition) is 6. The Morgan fingerprint density at radius 1 is 1.16 bits per heavy atom. The van der Waals surface area contributed by atoms with E-state index in [1.807, 2.05) is 49.4 Å². The number of aromatic amines is 1. The van der Waals surface area contributed by atoms with Crippen LogP contribution in [0.3, 0.4) is 0 Å². The summed E-state index contributed by atoms with van der Waals surface area (Å²) in [6.45, 7) is 4.15. The Morgan fingerprint density at radius 2 is 2.03 bits per heavy atom. The van der Waals surface area contributed by atoms with Crippen molar-refractivity contribution in [3.63, 3.8) is 0 Å². The fourth-order valence-corrected chi connectivity index (χ4v) is 4.60. The van der Waals surface area contributed by atoms with Crippen molar-refractivity contribution < 1.29 is 9.59 Å². The molecule has 0 radical (unpaired) electrons. The molecule has 1 saturated carbocycles. The van der Waals surface area contributed by atoms with Crippen LogP contribution in [0.1, 0.15) is 49.3 Å². The molecule has 3 aromatic rings. The molecule has 9 nitrogen and oxygen atoms in total. The van der Waals surface area contributed by atoms with Gasteiger partial charge in [-0.3, -0.25) is 19.6 Å². The number of carbonyl (C=O) groups excluding carboxylic acids is 2. The van der Waals surface area contributed by atoms with Crippen molar-refractivity contribution in [2.45, 2.75) is 38.0 Å². The Labute approximate surface area is 222 Å². The number of rotatable bonds is 9. The number of amides is 2. The third-order valence-electron chi connectivity index (χ3n) is 7.08. The molecule has 1 aliphatic heterocycles. The summed E-state index contributed by atoms with van der Waals surface area (Å²) in [4.78, 5) is 31.6. The largest absolute Gasteiger partial charge is 0.309 e. The fraction of sp³-hybridized carbons (Fsp3) is 0.345. The van der Waals surface area contributed by atoms with Gasteiger partial charge in [-0.05, 0) is 56.0 Å². The van der Waals surface area contributed by atoms with Crippen LogP contribution < -0.4 is 10.6 Å². The van der Waals surface area contributed by atoms with Gasteiger partial charge in [-0.1, -0.05) is 30.3 Å². The van der Waals surface area contributed by atoms with Crippen LogP contribution in [-0.4, -0.2) is 51.5 Å². The summed E-state index contributed by atoms with van der Waals surface area (Å²) in [7, 11) is 0. The zero-order chi connectivity index (χ0) is 26.5. The predicted molar refractivity (Wildman–Crippen MR) is 145 cm³/mol. The van der Waals surface area contributed by atoms with Gasteiger partial charge in [-0.25, -0.2) is 4.98 Å². The van der Waals surface area contributed by atoms with Crippen LogP contribution in [-0.2, 0) is 9.59 Å². The van der Waals surface area contributed by atoms with Crippen LogP contribution in [0.25, 0.3) is 11.1 Å². The van der Waals surface area contributed by atoms with Crippen LogP contribution >= 0.6 is 0 Å². The van der Waals surface area contributed by atoms with E-state index in [-0.39, 0.29) is 23.7 Å². The molecule has 1 saturated heterocycles. The van der Waals surface area contributed by atoms with Gasteiger partial charge in [-0.15, -0.1) is 0 Å². The molecular formula is C29H31N7O2. The molecule has 5 rings (SSSR count). The average Bonchev–Trinajstić information content (AvgIpc) is 3.50. The molecule has 2 aromatic heterocycles. The SMILES string of the molecule is CC(C(=O)Nc1cc(C2CC2)[nH]n1)c1cccc(-c2ccc(NC(=O)/C=C/CN3CCC(C#N)C3)nc2)c1. The molecule has 38 heavy (non-hydrogen) atoms. The van der Waals surface area contributed by atoms with Crippen LogP contribution in [0.2, 0.25) is 0 Å². The Balaban J connectivity index is 1.15. The van der Waals surface area contributed by atoms with Crippen molar-refractivity contribution >= 4 is 23.5 Å². The molecule has 194 valence electrons. The molecule has 2 fully saturated rings. The van der Waals surface area contributed by atoms with E-state index in [9.17, 15) is 9.59 Å². The maximum Gasteiger partial charge on any atom is 0.249 e. The summed E-state index contributed by atoms with van der Waals surface area (Å²) in [5.74, 6) is 0.928. The summed E-state index contributed by atoms with van der Waals surface area (Å²) in [5.41, 5.74) is 3.79. The van der Waals surface area contributed by atoms with Crippen LogP contribution in [0.5, 0.6) is 0 Å². The number of benzene rings is 1. The van der Waals surface area contributed by atoms with E-state index in [1.54, 1.807) is 12.3 Å². The molecule has 3 N–H and O–H groups in total. The Bertz CT molecular complexity index is 1370. The van der Waals surface area contributed by atoms with Gasteiger partial charge in [0.2, 0.25) is 11.8 Å². The lowest BCUT2D eigenvalue weighted by molar-refractivity contribution is -0.117. The van der Waals surface area contributed by atoms with Crippen LogP contribution in [0, 0.1) is 17.2 Å². The molecule has 3 heterocycles. The van der Waals surface area contributed by atoms with E-state index in [0.29, 0.717) is 24.1 Å². The smallest absolute Gasteiger partial charge is 0.249 e. The van der Waals surface area contributed by atoms with Crippen molar-refractivity contribution in [3.05, 3.63) is 72.1 Å². The minimum atomic E-state index is -0.360. The third-order valence-corrected chi connectivity index (χ3v) is 7.08. The van der Waals surface area contributed by atoms with Gasteiger partial charge < -0.3 is 10.6 Å². The summed E-state index contributed by atoms with van der Waals surface area (Å²) < 4.78 is 0. The number of nitriles is 1. The molecule has 2 atom stereocenters. The van der Waals surface area contributed by atoms with Crippen molar-refractivity contribution in [3.8, 4) is 17.2 Å². The molecule has 1 aromatic carbocycles. The van der Waals surface area contributed by atoms with E-state index in [0.717, 1.165) is 41.9 Å². The highest BCUT2D eigenvalue weighted by Gasteiger charge is 2.26. The van der Waals surface area contributed by atoms with E-state index in [1.165, 1.54) is 18.9 Å². The summed E-state index contributed by atoms with van der Waals surface area (Å²) in [5, 5.41) is 21.9. The number of hydrogen-bond donors (Lipinski definition) is 3. The van der Waals surface area contributed by atoms with Gasteiger partial charge in [0.25, 0.3) is 0 Å². The first-order valence-corrected chi connectivity index (χ1v) is 13.0. The highest BCUT2D eigenvalue weighted by Crippen LogP contribution is 2.39. The number of H-pyrrole nitrogens is 1. The first kappa shape index (κ1) is 25.4. The Hall–Kier alpha value is -4.29. The van der Waals surface area contributed by atoms with E-state index < -0.39 is 0 Å². The average molecular weight is 510 g/mol. The Morgan fingerprint density at radius 3 is 2.76 bits per heavy atom. The number of likely N-dealkylation sites (tertiary alicyclic amines) is 1. The van der Waals surface area contributed by atoms with Gasteiger partial charge in [0.1, 0.15) is 5.82 Å². The summed E-state index contributed by atoms with van der Waals surface area (Å²) in [6, 6.07) is 15.7. The standard InChI is InChI=1S/C29H31N7O2/c1-19(29(38)33-27-15-25(34-35-27)21-7-8-21)22-4-2-5-23(14-22)24-9-10-26(31-17-24)32-28(37)6-3-12-36-13-11-20(16-30)18-36/h2-6,9-10,14-15,17,19-21H,7-8,11-13,18H2,1H3,(H,31,32,37)(H2,33,34,35,38)/b6-3+. The molecule has 0 bridgehead atoms. The predicted octanol–water partition coefficient (Wildman–Crippen LogP) is 4.43. The van der Waals surface area contributed by atoms with Gasteiger partial charge in [-0.2, -0.15) is 10.4 Å². The highest BCUT2D eigenvalue weighted by molar-refractivity contribution is 5.98. The van der Waals surface area contributed by atoms with E-state index >= 15 is 0 Å². The summed E-state index contributed by atoms with van der Waals surface area (Å²) >= 11 is 0. The minimum absolute atomic E-state index is 0.0861. The lowest BCUT2D eigenvalue weighted by atomic mass is 9.96. The first-order chi connectivity index (χ1) is 18.5. The van der Waals surface area contributed by atoms with Crippen LogP contribution in [0.15, 0.2) is 60.8 Å². The van der Waals surface area contributed by atoms with Gasteiger partial charge in [0.05, 0.1) is 17.9 Å². The monoisotopic (exact) mass is 509 g/mol. The van der Waals surface area contributed by atoms with Crippen LogP contribution in [0.4, 0.5) is 11.6 Å². The number of pyridine rings is 1. The molecular weight excluding hydrogens is 478 g/mol. The van der Waals surface area contributed by atoms with Gasteiger partial charge in [0.15, 0.2) is 5.82 Å². The molecule has 2 unspecified atom stereocenters. The lowest BCUT2D eigenvalue weighted by Gasteiger charge is -2.13. The maximum atomic E-state index is 12.8. The quantitative estimate of drug-likeness (QED) is 0.366. The number of nitrogens with one attached hydrogen (secondary N) is 3. The number of anilines is 2. The third kappa shape index (κ3) is 6.33. The van der Waals surface area contributed by atoms with Crippen molar-refractivity contribution in [1.29, 1.82) is 5.26 Å². The van der Waals surface area contributed by atoms with Crippen molar-refractivity contribution in [1.82, 2.24) is 20.1 Å². The van der Waals surface area contributed by atoms with E-state index in [4.69, 9.17) is 5.26 Å². The molecule has 9 heteroatoms. The topological polar surface area (TPSA) is 127 Å². The lowest BCUT2D eigenvalue weighted by Crippen LogP contribution is -2.20. The number of aromatic nitrogens is 3. The van der Waals surface area contributed by atoms with Crippen molar-refractivity contribution in [2.24, 2.45) is 5.92 Å². The molecule has 0 spiro atoms. The normalized spacial score (nSPS) is 18.3. The second-order valence-electron chi connectivity index (χ2n) is 10.0. The summed E-state index contributed by atoms with van der Waals surface area (Å²) in [6.07, 6.45) is 8.24. The fourth-order valence-electron chi connectivity index (χ4n) is 4.60. The Kier molecular flexibility index (Phi) is 7.61. The molecule has 1 aliphatic carbocycles. The molecule has 2 amide bonds. The van der Waals surface area contributed by atoms with Gasteiger partial charge in [0, 0.05) is 48.6 Å². The highest BCUT2D eigenvalue weighted by atomic mass is 16.2. The first-order valence-electron chi connectivity index (χ1n) is 13.0. The second-order valence-corrected chi connectivity index (χ2v) is 10.0. The minimum Gasteiger partial charge on any atom is -0.309 e. The van der Waals surface area contributed by atoms with Crippen molar-refractivity contribution in [2.75, 3.05) is 30.3 Å². The maximum absolute atomic E-state index is 12.8. The number of nitrogens with zero attached hydrogens (tertiary/aromatic N) is 4. The number of carbonyl (C=O) groups is 2. The zero-order valence-corrected chi connectivity index (χ0v) is 21.4. The van der Waals surface area contributed by atoms with E-state index in [2.05, 4.69) is 36.8 Å². The van der Waals surface area contributed by atoms with Gasteiger partial charge >= 0.3 is 0 Å². The second kappa shape index (κ2) is 11.4.